The molecule has 1 unspecified atom stereocenters. The van der Waals surface area contributed by atoms with E-state index in [0.717, 1.165) is 15.2 Å². The van der Waals surface area contributed by atoms with Gasteiger partial charge in [0.05, 0.1) is 15.7 Å². The molecule has 0 aliphatic rings. The van der Waals surface area contributed by atoms with Gasteiger partial charge in [-0.2, -0.15) is 0 Å². The number of quaternary nitrogens is 1. The van der Waals surface area contributed by atoms with Gasteiger partial charge in [-0.1, -0.05) is 0 Å². The number of halogens is 1. The molecule has 1 aromatic heterocycles. The lowest BCUT2D eigenvalue weighted by atomic mass is 10.1. The number of nitrogens with one attached hydrogen (secondary N) is 3. The second-order valence-corrected chi connectivity index (χ2v) is 8.32. The Morgan fingerprint density at radius 2 is 2.00 bits per heavy atom. The largest absolute Gasteiger partial charge is 0.333 e. The Balaban J connectivity index is 2.36. The van der Waals surface area contributed by atoms with Crippen molar-refractivity contribution in [2.45, 2.75) is 32.9 Å². The molecule has 5 nitrogen and oxygen atoms in total. The van der Waals surface area contributed by atoms with Gasteiger partial charge >= 0.3 is 6.03 Å². The molecule has 0 spiro atoms. The monoisotopic (exact) mass is 362 g/mol. The van der Waals surface area contributed by atoms with E-state index in [1.807, 2.05) is 40.0 Å². The van der Waals surface area contributed by atoms with Crippen LogP contribution in [0.25, 0.3) is 0 Å². The molecule has 0 saturated heterocycles. The zero-order valence-corrected chi connectivity index (χ0v) is 14.6. The third-order valence-electron chi connectivity index (χ3n) is 2.31. The molecule has 0 saturated carbocycles. The minimum absolute atomic E-state index is 0.257. The summed E-state index contributed by atoms with van der Waals surface area (Å²) in [6.45, 7) is 6.60. The van der Waals surface area contributed by atoms with E-state index >= 15 is 0 Å². The number of likely N-dealkylation sites (N-methyl/N-ethyl adjacent to an activating group) is 1. The molecule has 112 valence electrons. The van der Waals surface area contributed by atoms with E-state index in [2.05, 4.69) is 26.6 Å². The summed E-state index contributed by atoms with van der Waals surface area (Å²) in [6.07, 6.45) is 0. The highest BCUT2D eigenvalue weighted by atomic mass is 79.9. The maximum absolute atomic E-state index is 11.7. The minimum atomic E-state index is -0.450. The molecule has 0 aromatic carbocycles. The maximum Gasteiger partial charge on any atom is 0.322 e. The van der Waals surface area contributed by atoms with Crippen LogP contribution in [0.3, 0.4) is 0 Å². The highest BCUT2D eigenvalue weighted by molar-refractivity contribution is 9.11. The number of carbonyl (C=O) groups is 2. The van der Waals surface area contributed by atoms with Crippen molar-refractivity contribution >= 4 is 39.2 Å². The summed E-state index contributed by atoms with van der Waals surface area (Å²) in [4.78, 5) is 25.5. The van der Waals surface area contributed by atoms with Crippen molar-refractivity contribution in [1.82, 2.24) is 10.6 Å². The van der Waals surface area contributed by atoms with Crippen LogP contribution in [0.1, 0.15) is 25.6 Å². The van der Waals surface area contributed by atoms with Crippen LogP contribution in [0.4, 0.5) is 4.79 Å². The van der Waals surface area contributed by atoms with E-state index in [9.17, 15) is 9.59 Å². The Hall–Kier alpha value is -0.920. The fourth-order valence-corrected chi connectivity index (χ4v) is 3.22. The third-order valence-corrected chi connectivity index (χ3v) is 3.93. The number of rotatable bonds is 4. The lowest BCUT2D eigenvalue weighted by molar-refractivity contribution is -0.885. The molecule has 1 heterocycles. The number of urea groups is 1. The minimum Gasteiger partial charge on any atom is -0.333 e. The van der Waals surface area contributed by atoms with Gasteiger partial charge in [-0.3, -0.25) is 10.1 Å². The van der Waals surface area contributed by atoms with Gasteiger partial charge in [-0.25, -0.2) is 4.79 Å². The van der Waals surface area contributed by atoms with Crippen LogP contribution in [0, 0.1) is 0 Å². The first-order chi connectivity index (χ1) is 9.15. The molecule has 3 N–H and O–H groups in total. The SMILES string of the molecule is C[NH+](CC(=O)NC(=O)NC(C)(C)C)Cc1ccc(Br)s1. The van der Waals surface area contributed by atoms with E-state index in [-0.39, 0.29) is 18.0 Å². The van der Waals surface area contributed by atoms with E-state index in [0.29, 0.717) is 0 Å². The molecular formula is C13H21BrN3O2S+. The van der Waals surface area contributed by atoms with Crippen molar-refractivity contribution in [3.63, 3.8) is 0 Å². The van der Waals surface area contributed by atoms with E-state index in [4.69, 9.17) is 0 Å². The van der Waals surface area contributed by atoms with E-state index in [1.54, 1.807) is 11.3 Å². The predicted molar refractivity (Wildman–Crippen MR) is 83.9 cm³/mol. The summed E-state index contributed by atoms with van der Waals surface area (Å²) in [5, 5.41) is 5.03. The maximum atomic E-state index is 11.7. The van der Waals surface area contributed by atoms with E-state index in [1.165, 1.54) is 4.88 Å². The van der Waals surface area contributed by atoms with Crippen molar-refractivity contribution in [2.24, 2.45) is 0 Å². The van der Waals surface area contributed by atoms with Crippen molar-refractivity contribution < 1.29 is 14.5 Å². The number of amides is 3. The first-order valence-electron chi connectivity index (χ1n) is 6.33. The van der Waals surface area contributed by atoms with Gasteiger partial charge in [-0.15, -0.1) is 11.3 Å². The zero-order chi connectivity index (χ0) is 15.3. The highest BCUT2D eigenvalue weighted by Crippen LogP contribution is 2.21. The highest BCUT2D eigenvalue weighted by Gasteiger charge is 2.18. The Labute approximate surface area is 131 Å². The number of hydrogen-bond acceptors (Lipinski definition) is 3. The van der Waals surface area contributed by atoms with Crippen molar-refractivity contribution in [3.8, 4) is 0 Å². The second kappa shape index (κ2) is 7.19. The molecule has 0 bridgehead atoms. The molecule has 1 atom stereocenters. The Morgan fingerprint density at radius 3 is 2.50 bits per heavy atom. The molecule has 0 radical (unpaired) electrons. The van der Waals surface area contributed by atoms with Gasteiger partial charge in [0.1, 0.15) is 6.54 Å². The van der Waals surface area contributed by atoms with Gasteiger partial charge in [0.25, 0.3) is 5.91 Å². The summed E-state index contributed by atoms with van der Waals surface area (Å²) in [5.41, 5.74) is -0.355. The molecule has 3 amide bonds. The Kier molecular flexibility index (Phi) is 6.16. The lowest BCUT2D eigenvalue weighted by Crippen LogP contribution is -3.08. The lowest BCUT2D eigenvalue weighted by Gasteiger charge is -2.20. The topological polar surface area (TPSA) is 62.6 Å². The number of hydrogen-bond donors (Lipinski definition) is 3. The van der Waals surface area contributed by atoms with Crippen LogP contribution in [-0.2, 0) is 11.3 Å². The first kappa shape index (κ1) is 17.1. The molecule has 7 heteroatoms. The summed E-state index contributed by atoms with van der Waals surface area (Å²) >= 11 is 5.06. The van der Waals surface area contributed by atoms with Crippen LogP contribution in [0.5, 0.6) is 0 Å². The zero-order valence-electron chi connectivity index (χ0n) is 12.2. The van der Waals surface area contributed by atoms with Crippen LogP contribution < -0.4 is 15.5 Å². The van der Waals surface area contributed by atoms with Crippen LogP contribution >= 0.6 is 27.3 Å². The number of imide groups is 1. The van der Waals surface area contributed by atoms with Gasteiger partial charge in [0, 0.05) is 5.54 Å². The molecule has 0 aliphatic heterocycles. The van der Waals surface area contributed by atoms with Gasteiger partial charge in [0.15, 0.2) is 6.54 Å². The number of thiophene rings is 1. The Bertz CT molecular complexity index is 482. The van der Waals surface area contributed by atoms with E-state index < -0.39 is 6.03 Å². The van der Waals surface area contributed by atoms with Crippen molar-refractivity contribution in [2.75, 3.05) is 13.6 Å². The summed E-state index contributed by atoms with van der Waals surface area (Å²) in [7, 11) is 1.93. The standard InChI is InChI=1S/C13H20BrN3O2S/c1-13(2,3)16-12(19)15-11(18)8-17(4)7-9-5-6-10(14)20-9/h5-6H,7-8H2,1-4H3,(H2,15,16,18,19)/p+1. The average Bonchev–Trinajstić information content (AvgIpc) is 2.59. The van der Waals surface area contributed by atoms with Gasteiger partial charge in [-0.05, 0) is 48.8 Å². The average molecular weight is 363 g/mol. The smallest absolute Gasteiger partial charge is 0.322 e. The molecular weight excluding hydrogens is 342 g/mol. The molecule has 1 aromatic rings. The van der Waals surface area contributed by atoms with Crippen molar-refractivity contribution in [3.05, 3.63) is 20.8 Å². The van der Waals surface area contributed by atoms with Gasteiger partial charge < -0.3 is 10.2 Å². The molecule has 0 fully saturated rings. The van der Waals surface area contributed by atoms with Crippen molar-refractivity contribution in [1.29, 1.82) is 0 Å². The summed E-state index contributed by atoms with van der Waals surface area (Å²) in [5.74, 6) is -0.278. The molecule has 0 aliphatic carbocycles. The normalized spacial score (nSPS) is 12.8. The quantitative estimate of drug-likeness (QED) is 0.752. The van der Waals surface area contributed by atoms with Crippen LogP contribution in [-0.4, -0.2) is 31.1 Å². The predicted octanol–water partition coefficient (Wildman–Crippen LogP) is 1.15. The van der Waals surface area contributed by atoms with Gasteiger partial charge in [0.2, 0.25) is 0 Å². The molecule has 1 rings (SSSR count). The number of carbonyl (C=O) groups excluding carboxylic acids is 2. The first-order valence-corrected chi connectivity index (χ1v) is 7.94. The van der Waals surface area contributed by atoms with Crippen LogP contribution in [0.2, 0.25) is 0 Å². The summed E-state index contributed by atoms with van der Waals surface area (Å²) < 4.78 is 1.08. The fraction of sp³-hybridized carbons (Fsp3) is 0.538. The summed E-state index contributed by atoms with van der Waals surface area (Å²) in [6, 6.07) is 3.57. The van der Waals surface area contributed by atoms with Crippen LogP contribution in [0.15, 0.2) is 15.9 Å². The second-order valence-electron chi connectivity index (χ2n) is 5.77. The third kappa shape index (κ3) is 7.02. The Morgan fingerprint density at radius 1 is 1.35 bits per heavy atom. The fourth-order valence-electron chi connectivity index (χ4n) is 1.62. The molecule has 20 heavy (non-hydrogen) atoms.